The second kappa shape index (κ2) is 7.57. The SMILES string of the molecule is CCc1nc(COc2ccc(C)cc2)sc1CNC(C)C. The molecule has 0 bridgehead atoms. The minimum absolute atomic E-state index is 0.490. The van der Waals surface area contributed by atoms with Gasteiger partial charge in [0.1, 0.15) is 17.4 Å². The van der Waals surface area contributed by atoms with Gasteiger partial charge in [0.25, 0.3) is 0 Å². The highest BCUT2D eigenvalue weighted by molar-refractivity contribution is 7.11. The van der Waals surface area contributed by atoms with Crippen LogP contribution in [0.4, 0.5) is 0 Å². The molecule has 114 valence electrons. The lowest BCUT2D eigenvalue weighted by molar-refractivity contribution is 0.305. The summed E-state index contributed by atoms with van der Waals surface area (Å²) in [5.41, 5.74) is 2.43. The molecule has 0 amide bonds. The van der Waals surface area contributed by atoms with Crippen molar-refractivity contribution >= 4 is 11.3 Å². The van der Waals surface area contributed by atoms with Crippen LogP contribution < -0.4 is 10.1 Å². The third kappa shape index (κ3) is 4.83. The summed E-state index contributed by atoms with van der Waals surface area (Å²) in [5.74, 6) is 0.899. The van der Waals surface area contributed by atoms with Crippen LogP contribution in [0.25, 0.3) is 0 Å². The quantitative estimate of drug-likeness (QED) is 0.836. The summed E-state index contributed by atoms with van der Waals surface area (Å²) >= 11 is 1.75. The Morgan fingerprint density at radius 3 is 2.57 bits per heavy atom. The molecule has 1 heterocycles. The standard InChI is InChI=1S/C17H24N2OS/c1-5-15-16(10-18-12(2)3)21-17(19-15)11-20-14-8-6-13(4)7-9-14/h6-9,12,18H,5,10-11H2,1-4H3. The van der Waals surface area contributed by atoms with Crippen molar-refractivity contribution in [1.82, 2.24) is 10.3 Å². The van der Waals surface area contributed by atoms with Crippen LogP contribution in [0.5, 0.6) is 5.75 Å². The molecule has 0 fully saturated rings. The molecule has 21 heavy (non-hydrogen) atoms. The summed E-state index contributed by atoms with van der Waals surface area (Å²) < 4.78 is 5.81. The first kappa shape index (κ1) is 16.0. The van der Waals surface area contributed by atoms with E-state index >= 15 is 0 Å². The first-order valence-corrected chi connectivity index (χ1v) is 8.30. The van der Waals surface area contributed by atoms with Crippen molar-refractivity contribution in [3.05, 3.63) is 45.4 Å². The van der Waals surface area contributed by atoms with Gasteiger partial charge in [0, 0.05) is 17.5 Å². The first-order chi connectivity index (χ1) is 10.1. The van der Waals surface area contributed by atoms with Gasteiger partial charge in [-0.2, -0.15) is 0 Å². The van der Waals surface area contributed by atoms with Gasteiger partial charge in [-0.25, -0.2) is 4.98 Å². The minimum Gasteiger partial charge on any atom is -0.486 e. The normalized spacial score (nSPS) is 11.1. The lowest BCUT2D eigenvalue weighted by Gasteiger charge is -2.06. The molecule has 0 aliphatic rings. The van der Waals surface area contributed by atoms with Crippen LogP contribution in [0.3, 0.4) is 0 Å². The van der Waals surface area contributed by atoms with Crippen LogP contribution >= 0.6 is 11.3 Å². The topological polar surface area (TPSA) is 34.1 Å². The smallest absolute Gasteiger partial charge is 0.140 e. The van der Waals surface area contributed by atoms with Crippen molar-refractivity contribution in [2.45, 2.75) is 53.3 Å². The van der Waals surface area contributed by atoms with Gasteiger partial charge in [0.2, 0.25) is 0 Å². The molecule has 1 aromatic carbocycles. The van der Waals surface area contributed by atoms with Gasteiger partial charge in [0.15, 0.2) is 0 Å². The molecule has 1 N–H and O–H groups in total. The average Bonchev–Trinajstić information content (AvgIpc) is 2.87. The van der Waals surface area contributed by atoms with Crippen molar-refractivity contribution in [2.75, 3.05) is 0 Å². The number of benzene rings is 1. The lowest BCUT2D eigenvalue weighted by Crippen LogP contribution is -2.21. The van der Waals surface area contributed by atoms with Crippen LogP contribution in [0.2, 0.25) is 0 Å². The van der Waals surface area contributed by atoms with E-state index in [0.29, 0.717) is 12.6 Å². The highest BCUT2D eigenvalue weighted by atomic mass is 32.1. The Hall–Kier alpha value is -1.39. The molecule has 0 saturated heterocycles. The van der Waals surface area contributed by atoms with Crippen LogP contribution in [0, 0.1) is 6.92 Å². The summed E-state index contributed by atoms with van der Waals surface area (Å²) in [6.07, 6.45) is 0.968. The van der Waals surface area contributed by atoms with Crippen molar-refractivity contribution in [3.63, 3.8) is 0 Å². The predicted octanol–water partition coefficient (Wildman–Crippen LogP) is 4.09. The Balaban J connectivity index is 1.98. The Morgan fingerprint density at radius 2 is 1.95 bits per heavy atom. The van der Waals surface area contributed by atoms with Gasteiger partial charge in [-0.1, -0.05) is 38.5 Å². The number of nitrogens with one attached hydrogen (secondary N) is 1. The van der Waals surface area contributed by atoms with E-state index in [0.717, 1.165) is 23.7 Å². The Bertz CT molecular complexity index is 561. The number of aromatic nitrogens is 1. The Morgan fingerprint density at radius 1 is 1.24 bits per heavy atom. The maximum absolute atomic E-state index is 5.81. The average molecular weight is 304 g/mol. The molecule has 0 saturated carbocycles. The molecule has 0 unspecified atom stereocenters. The van der Waals surface area contributed by atoms with Crippen molar-refractivity contribution in [3.8, 4) is 5.75 Å². The molecule has 2 aromatic rings. The number of rotatable bonds is 7. The number of ether oxygens (including phenoxy) is 1. The monoisotopic (exact) mass is 304 g/mol. The zero-order chi connectivity index (χ0) is 15.2. The van der Waals surface area contributed by atoms with E-state index in [1.165, 1.54) is 16.1 Å². The number of thiazole rings is 1. The van der Waals surface area contributed by atoms with Gasteiger partial charge >= 0.3 is 0 Å². The molecular formula is C17H24N2OS. The maximum Gasteiger partial charge on any atom is 0.140 e. The van der Waals surface area contributed by atoms with Crippen molar-refractivity contribution in [2.24, 2.45) is 0 Å². The summed E-state index contributed by atoms with van der Waals surface area (Å²) in [6, 6.07) is 8.62. The van der Waals surface area contributed by atoms with Gasteiger partial charge in [-0.05, 0) is 25.5 Å². The highest BCUT2D eigenvalue weighted by Crippen LogP contribution is 2.21. The largest absolute Gasteiger partial charge is 0.486 e. The van der Waals surface area contributed by atoms with Crippen LogP contribution in [0.1, 0.15) is 41.9 Å². The fourth-order valence-corrected chi connectivity index (χ4v) is 3.01. The molecule has 0 aliphatic heterocycles. The van der Waals surface area contributed by atoms with E-state index in [-0.39, 0.29) is 0 Å². The zero-order valence-electron chi connectivity index (χ0n) is 13.3. The van der Waals surface area contributed by atoms with Crippen LogP contribution in [0.15, 0.2) is 24.3 Å². The first-order valence-electron chi connectivity index (χ1n) is 7.48. The molecule has 0 atom stereocenters. The molecule has 0 radical (unpaired) electrons. The third-order valence-corrected chi connectivity index (χ3v) is 4.28. The maximum atomic E-state index is 5.81. The third-order valence-electron chi connectivity index (χ3n) is 3.21. The Labute approximate surface area is 131 Å². The summed E-state index contributed by atoms with van der Waals surface area (Å²) in [7, 11) is 0. The molecule has 1 aromatic heterocycles. The number of hydrogen-bond acceptors (Lipinski definition) is 4. The fourth-order valence-electron chi connectivity index (χ4n) is 1.99. The van der Waals surface area contributed by atoms with E-state index in [9.17, 15) is 0 Å². The number of hydrogen-bond donors (Lipinski definition) is 1. The van der Waals surface area contributed by atoms with Crippen molar-refractivity contribution in [1.29, 1.82) is 0 Å². The minimum atomic E-state index is 0.490. The van der Waals surface area contributed by atoms with Crippen LogP contribution in [-0.4, -0.2) is 11.0 Å². The second-order valence-electron chi connectivity index (χ2n) is 5.47. The second-order valence-corrected chi connectivity index (χ2v) is 6.64. The summed E-state index contributed by atoms with van der Waals surface area (Å²) in [5, 5.41) is 4.51. The van der Waals surface area contributed by atoms with E-state index in [1.807, 2.05) is 12.1 Å². The highest BCUT2D eigenvalue weighted by Gasteiger charge is 2.10. The molecule has 2 rings (SSSR count). The molecule has 3 nitrogen and oxygen atoms in total. The van der Waals surface area contributed by atoms with E-state index in [1.54, 1.807) is 11.3 Å². The van der Waals surface area contributed by atoms with Gasteiger partial charge in [-0.15, -0.1) is 11.3 Å². The Kier molecular flexibility index (Phi) is 5.76. The summed E-state index contributed by atoms with van der Waals surface area (Å²) in [4.78, 5) is 6.02. The molecule has 4 heteroatoms. The van der Waals surface area contributed by atoms with E-state index < -0.39 is 0 Å². The van der Waals surface area contributed by atoms with Crippen molar-refractivity contribution < 1.29 is 4.74 Å². The van der Waals surface area contributed by atoms with E-state index in [4.69, 9.17) is 9.72 Å². The van der Waals surface area contributed by atoms with Gasteiger partial charge < -0.3 is 10.1 Å². The fraction of sp³-hybridized carbons (Fsp3) is 0.471. The van der Waals surface area contributed by atoms with Gasteiger partial charge in [-0.3, -0.25) is 0 Å². The predicted molar refractivity (Wildman–Crippen MR) is 89.0 cm³/mol. The molecular weight excluding hydrogens is 280 g/mol. The zero-order valence-corrected chi connectivity index (χ0v) is 14.1. The van der Waals surface area contributed by atoms with Gasteiger partial charge in [0.05, 0.1) is 5.69 Å². The molecule has 0 spiro atoms. The number of nitrogens with zero attached hydrogens (tertiary/aromatic N) is 1. The molecule has 0 aliphatic carbocycles. The number of aryl methyl sites for hydroxylation is 2. The lowest BCUT2D eigenvalue weighted by atomic mass is 10.2. The van der Waals surface area contributed by atoms with Crippen LogP contribution in [-0.2, 0) is 19.6 Å². The van der Waals surface area contributed by atoms with E-state index in [2.05, 4.69) is 45.1 Å². The summed E-state index contributed by atoms with van der Waals surface area (Å²) in [6.45, 7) is 9.98.